The third-order valence-corrected chi connectivity index (χ3v) is 4.85. The Hall–Kier alpha value is -1.76. The first kappa shape index (κ1) is 19.6. The highest BCUT2D eigenvalue weighted by molar-refractivity contribution is 6.05. The largest absolute Gasteiger partial charge is 0.354 e. The molecule has 3 amide bonds. The van der Waals surface area contributed by atoms with Crippen molar-refractivity contribution in [3.63, 3.8) is 0 Å². The molecule has 1 unspecified atom stereocenters. The van der Waals surface area contributed by atoms with E-state index >= 15 is 0 Å². The Morgan fingerprint density at radius 2 is 2.04 bits per heavy atom. The third-order valence-electron chi connectivity index (χ3n) is 4.85. The molecule has 0 aromatic rings. The minimum absolute atomic E-state index is 0.0392. The average molecular weight is 351 g/mol. The summed E-state index contributed by atoms with van der Waals surface area (Å²) in [4.78, 5) is 50.6. The van der Waals surface area contributed by atoms with Gasteiger partial charge in [0.25, 0.3) is 0 Å². The molecule has 0 spiro atoms. The molecule has 2 fully saturated rings. The van der Waals surface area contributed by atoms with Crippen molar-refractivity contribution < 1.29 is 19.2 Å². The van der Waals surface area contributed by atoms with E-state index in [9.17, 15) is 19.2 Å². The van der Waals surface area contributed by atoms with Gasteiger partial charge in [-0.2, -0.15) is 0 Å². The molecule has 0 saturated carbocycles. The molecule has 2 heterocycles. The van der Waals surface area contributed by atoms with Crippen LogP contribution >= 0.6 is 0 Å². The van der Waals surface area contributed by atoms with Crippen molar-refractivity contribution in [1.29, 1.82) is 0 Å². The zero-order chi connectivity index (χ0) is 18.4. The lowest BCUT2D eigenvalue weighted by atomic mass is 10.1. The summed E-state index contributed by atoms with van der Waals surface area (Å²) in [6, 6.07) is -0.562. The van der Waals surface area contributed by atoms with E-state index in [2.05, 4.69) is 5.32 Å². The van der Waals surface area contributed by atoms with Crippen LogP contribution in [0.15, 0.2) is 0 Å². The molecule has 2 aliphatic heterocycles. The Kier molecular flexibility index (Phi) is 7.11. The quantitative estimate of drug-likeness (QED) is 0.378. The second kappa shape index (κ2) is 9.08. The second-order valence-corrected chi connectivity index (χ2v) is 7.22. The lowest BCUT2D eigenvalue weighted by Gasteiger charge is -2.25. The third kappa shape index (κ3) is 5.11. The van der Waals surface area contributed by atoms with Gasteiger partial charge in [0.1, 0.15) is 6.29 Å². The minimum Gasteiger partial charge on any atom is -0.354 e. The number of carbonyl (C=O) groups is 4. The van der Waals surface area contributed by atoms with Crippen LogP contribution in [0.1, 0.15) is 58.8 Å². The second-order valence-electron chi connectivity index (χ2n) is 7.22. The maximum atomic E-state index is 12.5. The first-order chi connectivity index (χ1) is 11.9. The van der Waals surface area contributed by atoms with Crippen molar-refractivity contribution in [2.75, 3.05) is 13.1 Å². The Morgan fingerprint density at radius 3 is 2.72 bits per heavy atom. The van der Waals surface area contributed by atoms with Gasteiger partial charge < -0.3 is 10.1 Å². The van der Waals surface area contributed by atoms with Gasteiger partial charge in [-0.1, -0.05) is 6.42 Å². The number of hydrogen-bond acceptors (Lipinski definition) is 5. The predicted octanol–water partition coefficient (Wildman–Crippen LogP) is 0.862. The minimum atomic E-state index is -0.470. The monoisotopic (exact) mass is 351 g/mol. The number of carbonyl (C=O) groups excluding carboxylic acids is 4. The molecule has 0 aliphatic carbocycles. The molecule has 0 aromatic heterocycles. The van der Waals surface area contributed by atoms with Gasteiger partial charge in [-0.15, -0.1) is 0 Å². The molecule has 25 heavy (non-hydrogen) atoms. The van der Waals surface area contributed by atoms with Crippen molar-refractivity contribution >= 4 is 24.0 Å². The summed E-state index contributed by atoms with van der Waals surface area (Å²) in [7, 11) is 0. The van der Waals surface area contributed by atoms with Gasteiger partial charge in [-0.3, -0.25) is 24.2 Å². The van der Waals surface area contributed by atoms with E-state index in [1.807, 2.05) is 18.7 Å². The van der Waals surface area contributed by atoms with Crippen molar-refractivity contribution in [3.05, 3.63) is 0 Å². The van der Waals surface area contributed by atoms with Crippen LogP contribution in [0.5, 0.6) is 0 Å². The molecule has 0 bridgehead atoms. The van der Waals surface area contributed by atoms with Crippen LogP contribution in [0.3, 0.4) is 0 Å². The van der Waals surface area contributed by atoms with Gasteiger partial charge in [0.2, 0.25) is 17.7 Å². The Balaban J connectivity index is 1.73. The van der Waals surface area contributed by atoms with Crippen LogP contribution in [0, 0.1) is 0 Å². The highest BCUT2D eigenvalue weighted by Gasteiger charge is 2.44. The number of imide groups is 1. The van der Waals surface area contributed by atoms with E-state index in [-0.39, 0.29) is 36.2 Å². The summed E-state index contributed by atoms with van der Waals surface area (Å²) in [6.45, 7) is 4.95. The molecule has 0 radical (unpaired) electrons. The Labute approximate surface area is 149 Å². The Morgan fingerprint density at radius 1 is 1.28 bits per heavy atom. The smallest absolute Gasteiger partial charge is 0.247 e. The number of amides is 3. The molecule has 0 aromatic carbocycles. The van der Waals surface area contributed by atoms with Gasteiger partial charge in [-0.25, -0.2) is 0 Å². The van der Waals surface area contributed by atoms with Crippen LogP contribution in [0.25, 0.3) is 0 Å². The normalized spacial score (nSPS) is 24.4. The molecule has 2 atom stereocenters. The standard InChI is InChI=1S/C18H29N3O4/c1-13(2)19-16(23)8-4-3-5-9-21-17(24)11-15(18(21)25)20-10-6-7-14(20)12-22/h12-15H,3-11H2,1-2H3,(H,19,23)/t14-,15?/m0/s1. The molecule has 2 saturated heterocycles. The number of nitrogens with one attached hydrogen (secondary N) is 1. The van der Waals surface area contributed by atoms with Gasteiger partial charge in [0.15, 0.2) is 0 Å². The van der Waals surface area contributed by atoms with Crippen molar-refractivity contribution in [2.45, 2.75) is 76.9 Å². The SMILES string of the molecule is CC(C)NC(=O)CCCCCN1C(=O)CC(N2CCC[C@H]2C=O)C1=O. The lowest BCUT2D eigenvalue weighted by Crippen LogP contribution is -2.45. The molecule has 7 heteroatoms. The van der Waals surface area contributed by atoms with Crippen LogP contribution in [0.4, 0.5) is 0 Å². The van der Waals surface area contributed by atoms with Crippen LogP contribution in [0.2, 0.25) is 0 Å². The number of nitrogens with zero attached hydrogens (tertiary/aromatic N) is 2. The predicted molar refractivity (Wildman–Crippen MR) is 92.7 cm³/mol. The fourth-order valence-corrected chi connectivity index (χ4v) is 3.63. The Bertz CT molecular complexity index is 520. The van der Waals surface area contributed by atoms with Crippen molar-refractivity contribution in [2.24, 2.45) is 0 Å². The average Bonchev–Trinajstić information content (AvgIpc) is 3.12. The first-order valence-electron chi connectivity index (χ1n) is 9.28. The molecule has 2 rings (SSSR count). The summed E-state index contributed by atoms with van der Waals surface area (Å²) in [6.07, 6.45) is 5.44. The van der Waals surface area contributed by atoms with Gasteiger partial charge in [0.05, 0.1) is 18.5 Å². The number of hydrogen-bond donors (Lipinski definition) is 1. The zero-order valence-corrected chi connectivity index (χ0v) is 15.2. The van der Waals surface area contributed by atoms with Crippen LogP contribution in [-0.2, 0) is 19.2 Å². The van der Waals surface area contributed by atoms with Gasteiger partial charge in [-0.05, 0) is 46.1 Å². The number of unbranched alkanes of at least 4 members (excludes halogenated alkanes) is 2. The van der Waals surface area contributed by atoms with E-state index < -0.39 is 6.04 Å². The van der Waals surface area contributed by atoms with Crippen LogP contribution < -0.4 is 5.32 Å². The summed E-state index contributed by atoms with van der Waals surface area (Å²) in [5, 5.41) is 2.84. The maximum absolute atomic E-state index is 12.5. The van der Waals surface area contributed by atoms with E-state index in [0.29, 0.717) is 25.9 Å². The number of likely N-dealkylation sites (tertiary alicyclic amines) is 2. The van der Waals surface area contributed by atoms with Crippen molar-refractivity contribution in [1.82, 2.24) is 15.1 Å². The summed E-state index contributed by atoms with van der Waals surface area (Å²) in [5.74, 6) is -0.280. The van der Waals surface area contributed by atoms with Gasteiger partial charge >= 0.3 is 0 Å². The van der Waals surface area contributed by atoms with Crippen molar-refractivity contribution in [3.8, 4) is 0 Å². The lowest BCUT2D eigenvalue weighted by molar-refractivity contribution is -0.140. The first-order valence-corrected chi connectivity index (χ1v) is 9.28. The molecular formula is C18H29N3O4. The maximum Gasteiger partial charge on any atom is 0.247 e. The van der Waals surface area contributed by atoms with E-state index in [4.69, 9.17) is 0 Å². The summed E-state index contributed by atoms with van der Waals surface area (Å²) >= 11 is 0. The van der Waals surface area contributed by atoms with E-state index in [1.165, 1.54) is 4.90 Å². The number of rotatable bonds is 9. The summed E-state index contributed by atoms with van der Waals surface area (Å²) in [5.41, 5.74) is 0. The summed E-state index contributed by atoms with van der Waals surface area (Å²) < 4.78 is 0. The van der Waals surface area contributed by atoms with Crippen LogP contribution in [-0.4, -0.2) is 65.0 Å². The molecule has 2 aliphatic rings. The van der Waals surface area contributed by atoms with Gasteiger partial charge in [0, 0.05) is 19.0 Å². The number of aldehydes is 1. The highest BCUT2D eigenvalue weighted by atomic mass is 16.2. The molecule has 1 N–H and O–H groups in total. The molecule has 7 nitrogen and oxygen atoms in total. The molecule has 140 valence electrons. The molecular weight excluding hydrogens is 322 g/mol. The van der Waals surface area contributed by atoms with E-state index in [0.717, 1.165) is 32.0 Å². The zero-order valence-electron chi connectivity index (χ0n) is 15.2. The fourth-order valence-electron chi connectivity index (χ4n) is 3.63. The topological polar surface area (TPSA) is 86.8 Å². The van der Waals surface area contributed by atoms with E-state index in [1.54, 1.807) is 0 Å². The fraction of sp³-hybridized carbons (Fsp3) is 0.778. The highest BCUT2D eigenvalue weighted by Crippen LogP contribution is 2.26.